The standard InChI is InChI=1S/C19H32N2O3/c1-13(2)11-15(20)19(23)21-16(12-14-7-4-3-5-8-14)18(22)17-9-6-10-24-17/h6,9-10,13-16,18,22H,3-5,7-8,11-12,20H2,1-2H3,(H,21,23)/t15-,16+,18-/m0/s1. The summed E-state index contributed by atoms with van der Waals surface area (Å²) in [6.45, 7) is 4.09. The first-order valence-electron chi connectivity index (χ1n) is 9.24. The van der Waals surface area contributed by atoms with Crippen molar-refractivity contribution in [2.75, 3.05) is 0 Å². The van der Waals surface area contributed by atoms with Gasteiger partial charge in [0.15, 0.2) is 0 Å². The summed E-state index contributed by atoms with van der Waals surface area (Å²) < 4.78 is 5.34. The van der Waals surface area contributed by atoms with Gasteiger partial charge in [-0.2, -0.15) is 0 Å². The molecule has 0 spiro atoms. The average Bonchev–Trinajstić information content (AvgIpc) is 3.08. The van der Waals surface area contributed by atoms with E-state index in [0.717, 1.165) is 19.3 Å². The molecule has 1 heterocycles. The molecule has 0 aromatic carbocycles. The van der Waals surface area contributed by atoms with Crippen LogP contribution >= 0.6 is 0 Å². The number of nitrogens with one attached hydrogen (secondary N) is 1. The lowest BCUT2D eigenvalue weighted by atomic mass is 9.83. The number of hydrogen-bond donors (Lipinski definition) is 3. The molecule has 2 rings (SSSR count). The van der Waals surface area contributed by atoms with Crippen molar-refractivity contribution in [3.8, 4) is 0 Å². The third-order valence-electron chi connectivity index (χ3n) is 4.92. The van der Waals surface area contributed by atoms with Crippen LogP contribution in [0.1, 0.15) is 70.7 Å². The molecule has 5 heteroatoms. The molecule has 1 aromatic rings. The zero-order valence-corrected chi connectivity index (χ0v) is 14.9. The Morgan fingerprint density at radius 1 is 1.38 bits per heavy atom. The highest BCUT2D eigenvalue weighted by atomic mass is 16.4. The SMILES string of the molecule is CC(C)C[C@H](N)C(=O)N[C@H](CC1CCCCC1)[C@H](O)c1ccco1. The average molecular weight is 336 g/mol. The van der Waals surface area contributed by atoms with E-state index >= 15 is 0 Å². The minimum absolute atomic E-state index is 0.185. The molecule has 0 radical (unpaired) electrons. The van der Waals surface area contributed by atoms with Crippen LogP contribution in [0.5, 0.6) is 0 Å². The molecule has 0 aliphatic heterocycles. The number of aliphatic hydroxyl groups excluding tert-OH is 1. The Kier molecular flexibility index (Phi) is 7.31. The molecule has 3 atom stereocenters. The number of hydrogen-bond acceptors (Lipinski definition) is 4. The van der Waals surface area contributed by atoms with Crippen LogP contribution in [0.4, 0.5) is 0 Å². The van der Waals surface area contributed by atoms with E-state index in [1.807, 2.05) is 13.8 Å². The van der Waals surface area contributed by atoms with Crippen LogP contribution in [0.2, 0.25) is 0 Å². The summed E-state index contributed by atoms with van der Waals surface area (Å²) >= 11 is 0. The van der Waals surface area contributed by atoms with E-state index in [-0.39, 0.29) is 11.9 Å². The molecule has 1 amide bonds. The highest BCUT2D eigenvalue weighted by Crippen LogP contribution is 2.31. The van der Waals surface area contributed by atoms with Gasteiger partial charge in [0.25, 0.3) is 0 Å². The number of nitrogens with two attached hydrogens (primary N) is 1. The number of amides is 1. The van der Waals surface area contributed by atoms with Gasteiger partial charge in [-0.3, -0.25) is 4.79 Å². The van der Waals surface area contributed by atoms with E-state index in [4.69, 9.17) is 10.2 Å². The first-order valence-corrected chi connectivity index (χ1v) is 9.24. The van der Waals surface area contributed by atoms with E-state index in [2.05, 4.69) is 5.32 Å². The summed E-state index contributed by atoms with van der Waals surface area (Å²) in [5.41, 5.74) is 6.00. The maximum atomic E-state index is 12.4. The molecule has 0 bridgehead atoms. The normalized spacial score (nSPS) is 19.9. The predicted octanol–water partition coefficient (Wildman–Crippen LogP) is 3.14. The minimum Gasteiger partial charge on any atom is -0.467 e. The minimum atomic E-state index is -0.836. The number of furan rings is 1. The van der Waals surface area contributed by atoms with Crippen LogP contribution in [0.25, 0.3) is 0 Å². The van der Waals surface area contributed by atoms with Crippen LogP contribution in [-0.2, 0) is 4.79 Å². The maximum Gasteiger partial charge on any atom is 0.237 e. The quantitative estimate of drug-likeness (QED) is 0.680. The summed E-state index contributed by atoms with van der Waals surface area (Å²) in [4.78, 5) is 12.4. The fourth-order valence-corrected chi connectivity index (χ4v) is 3.61. The molecular formula is C19H32N2O3. The Hall–Kier alpha value is -1.33. The lowest BCUT2D eigenvalue weighted by Crippen LogP contribution is -2.48. The highest BCUT2D eigenvalue weighted by Gasteiger charge is 2.30. The smallest absolute Gasteiger partial charge is 0.237 e. The van der Waals surface area contributed by atoms with Gasteiger partial charge < -0.3 is 20.6 Å². The maximum absolute atomic E-state index is 12.4. The number of rotatable bonds is 8. The third-order valence-corrected chi connectivity index (χ3v) is 4.92. The van der Waals surface area contributed by atoms with Crippen molar-refractivity contribution in [2.45, 2.75) is 77.0 Å². The van der Waals surface area contributed by atoms with Crippen LogP contribution < -0.4 is 11.1 Å². The van der Waals surface area contributed by atoms with Gasteiger partial charge in [-0.1, -0.05) is 46.0 Å². The lowest BCUT2D eigenvalue weighted by molar-refractivity contribution is -0.124. The van der Waals surface area contributed by atoms with E-state index in [9.17, 15) is 9.90 Å². The van der Waals surface area contributed by atoms with Crippen molar-refractivity contribution in [1.29, 1.82) is 0 Å². The van der Waals surface area contributed by atoms with Crippen LogP contribution in [0, 0.1) is 11.8 Å². The molecule has 24 heavy (non-hydrogen) atoms. The van der Waals surface area contributed by atoms with Gasteiger partial charge in [0.2, 0.25) is 5.91 Å². The van der Waals surface area contributed by atoms with Gasteiger partial charge in [0, 0.05) is 0 Å². The Balaban J connectivity index is 2.02. The molecule has 1 saturated carbocycles. The van der Waals surface area contributed by atoms with E-state index < -0.39 is 12.1 Å². The molecule has 1 aliphatic carbocycles. The monoisotopic (exact) mass is 336 g/mol. The Morgan fingerprint density at radius 3 is 2.67 bits per heavy atom. The molecule has 0 unspecified atom stereocenters. The van der Waals surface area contributed by atoms with Crippen molar-refractivity contribution < 1.29 is 14.3 Å². The zero-order chi connectivity index (χ0) is 17.5. The summed E-state index contributed by atoms with van der Waals surface area (Å²) in [6, 6.07) is 2.61. The van der Waals surface area contributed by atoms with E-state index in [0.29, 0.717) is 24.0 Å². The molecule has 1 fully saturated rings. The summed E-state index contributed by atoms with van der Waals surface area (Å²) in [6.07, 6.45) is 8.18. The van der Waals surface area contributed by atoms with Gasteiger partial charge in [0.1, 0.15) is 11.9 Å². The molecule has 1 aliphatic rings. The van der Waals surface area contributed by atoms with E-state index in [1.54, 1.807) is 18.4 Å². The second-order valence-corrected chi connectivity index (χ2v) is 7.55. The van der Waals surface area contributed by atoms with Crippen LogP contribution in [0.15, 0.2) is 22.8 Å². The van der Waals surface area contributed by atoms with Crippen molar-refractivity contribution in [3.63, 3.8) is 0 Å². The molecule has 5 nitrogen and oxygen atoms in total. The van der Waals surface area contributed by atoms with Crippen molar-refractivity contribution in [2.24, 2.45) is 17.6 Å². The number of carbonyl (C=O) groups is 1. The second-order valence-electron chi connectivity index (χ2n) is 7.55. The Morgan fingerprint density at radius 2 is 2.08 bits per heavy atom. The van der Waals surface area contributed by atoms with E-state index in [1.165, 1.54) is 19.3 Å². The number of carbonyl (C=O) groups excluding carboxylic acids is 1. The molecule has 0 saturated heterocycles. The molecule has 1 aromatic heterocycles. The molecule has 4 N–H and O–H groups in total. The topological polar surface area (TPSA) is 88.5 Å². The third kappa shape index (κ3) is 5.64. The first-order chi connectivity index (χ1) is 11.5. The zero-order valence-electron chi connectivity index (χ0n) is 14.9. The lowest BCUT2D eigenvalue weighted by Gasteiger charge is -2.30. The van der Waals surface area contributed by atoms with Gasteiger partial charge >= 0.3 is 0 Å². The fraction of sp³-hybridized carbons (Fsp3) is 0.737. The predicted molar refractivity (Wildman–Crippen MR) is 94.2 cm³/mol. The summed E-state index contributed by atoms with van der Waals surface area (Å²) in [7, 11) is 0. The van der Waals surface area contributed by atoms with Gasteiger partial charge in [-0.05, 0) is 36.8 Å². The number of aliphatic hydroxyl groups is 1. The van der Waals surface area contributed by atoms with Crippen molar-refractivity contribution in [3.05, 3.63) is 24.2 Å². The van der Waals surface area contributed by atoms with Crippen molar-refractivity contribution in [1.82, 2.24) is 5.32 Å². The second kappa shape index (κ2) is 9.23. The Labute approximate surface area is 145 Å². The van der Waals surface area contributed by atoms with Crippen LogP contribution in [0.3, 0.4) is 0 Å². The first kappa shape index (κ1) is 19.0. The largest absolute Gasteiger partial charge is 0.467 e. The van der Waals surface area contributed by atoms with Crippen molar-refractivity contribution >= 4 is 5.91 Å². The van der Waals surface area contributed by atoms with Gasteiger partial charge in [-0.15, -0.1) is 0 Å². The van der Waals surface area contributed by atoms with Crippen LogP contribution in [-0.4, -0.2) is 23.1 Å². The van der Waals surface area contributed by atoms with Gasteiger partial charge in [0.05, 0.1) is 18.3 Å². The fourth-order valence-electron chi connectivity index (χ4n) is 3.61. The molecular weight excluding hydrogens is 304 g/mol. The highest BCUT2D eigenvalue weighted by molar-refractivity contribution is 5.81. The molecule has 136 valence electrons. The summed E-state index contributed by atoms with van der Waals surface area (Å²) in [5, 5.41) is 13.6. The Bertz CT molecular complexity index is 481. The summed E-state index contributed by atoms with van der Waals surface area (Å²) in [5.74, 6) is 1.20. The van der Waals surface area contributed by atoms with Gasteiger partial charge in [-0.25, -0.2) is 0 Å².